The first-order valence-corrected chi connectivity index (χ1v) is 5.50. The Bertz CT molecular complexity index is 542. The van der Waals surface area contributed by atoms with Gasteiger partial charge in [-0.25, -0.2) is 0 Å². The van der Waals surface area contributed by atoms with E-state index in [1.807, 2.05) is 26.0 Å². The van der Waals surface area contributed by atoms with E-state index in [9.17, 15) is 0 Å². The molecule has 0 aliphatic heterocycles. The van der Waals surface area contributed by atoms with Crippen LogP contribution in [0.3, 0.4) is 0 Å². The molecule has 0 unspecified atom stereocenters. The normalized spacial score (nSPS) is 10.0. The number of hydrogen-bond donors (Lipinski definition) is 2. The van der Waals surface area contributed by atoms with Gasteiger partial charge < -0.3 is 9.73 Å². The molecule has 2 N–H and O–H groups in total. The van der Waals surface area contributed by atoms with Gasteiger partial charge in [-0.2, -0.15) is 5.10 Å². The van der Waals surface area contributed by atoms with E-state index in [4.69, 9.17) is 4.42 Å². The summed E-state index contributed by atoms with van der Waals surface area (Å²) in [7, 11) is 0. The van der Waals surface area contributed by atoms with Crippen LogP contribution in [-0.4, -0.2) is 16.7 Å². The van der Waals surface area contributed by atoms with Crippen molar-refractivity contribution >= 4 is 0 Å². The van der Waals surface area contributed by atoms with Crippen molar-refractivity contribution in [3.05, 3.63) is 29.7 Å². The number of furan rings is 1. The van der Waals surface area contributed by atoms with Gasteiger partial charge in [0.25, 0.3) is 0 Å². The summed E-state index contributed by atoms with van der Waals surface area (Å²) in [5, 5.41) is 10.2. The van der Waals surface area contributed by atoms with Gasteiger partial charge in [-0.15, -0.1) is 5.92 Å². The van der Waals surface area contributed by atoms with Gasteiger partial charge >= 0.3 is 0 Å². The van der Waals surface area contributed by atoms with Crippen LogP contribution in [0, 0.1) is 18.8 Å². The number of aromatic amines is 1. The predicted molar refractivity (Wildman–Crippen MR) is 66.2 cm³/mol. The molecule has 0 aliphatic carbocycles. The minimum absolute atomic E-state index is 0.679. The summed E-state index contributed by atoms with van der Waals surface area (Å²) in [5.74, 6) is 7.51. The molecule has 0 aromatic carbocycles. The highest BCUT2D eigenvalue weighted by Crippen LogP contribution is 2.22. The third-order valence-electron chi connectivity index (χ3n) is 2.41. The molecule has 88 valence electrons. The van der Waals surface area contributed by atoms with Gasteiger partial charge in [0.2, 0.25) is 0 Å². The summed E-state index contributed by atoms with van der Waals surface area (Å²) in [4.78, 5) is 0. The molecule has 4 heteroatoms. The molecule has 17 heavy (non-hydrogen) atoms. The zero-order valence-corrected chi connectivity index (χ0v) is 10.0. The zero-order valence-electron chi connectivity index (χ0n) is 10.0. The maximum absolute atomic E-state index is 5.57. The van der Waals surface area contributed by atoms with Gasteiger partial charge in [0.1, 0.15) is 11.5 Å². The first-order chi connectivity index (χ1) is 8.31. The Morgan fingerprint density at radius 1 is 1.47 bits per heavy atom. The largest absolute Gasteiger partial charge is 0.460 e. The Kier molecular flexibility index (Phi) is 3.63. The maximum Gasteiger partial charge on any atom is 0.152 e. The summed E-state index contributed by atoms with van der Waals surface area (Å²) >= 11 is 0. The summed E-state index contributed by atoms with van der Waals surface area (Å²) in [6, 6.07) is 3.88. The molecule has 0 bridgehead atoms. The lowest BCUT2D eigenvalue weighted by molar-refractivity contribution is 0.545. The van der Waals surface area contributed by atoms with Crippen molar-refractivity contribution in [3.8, 4) is 23.3 Å². The molecule has 2 aromatic rings. The summed E-state index contributed by atoms with van der Waals surface area (Å²) in [6.07, 6.45) is 1.81. The molecule has 0 aliphatic rings. The zero-order chi connectivity index (χ0) is 12.1. The van der Waals surface area contributed by atoms with Crippen molar-refractivity contribution in [3.63, 3.8) is 0 Å². The lowest BCUT2D eigenvalue weighted by Gasteiger charge is -2.00. The number of aromatic nitrogens is 2. The fourth-order valence-electron chi connectivity index (χ4n) is 1.58. The van der Waals surface area contributed by atoms with Crippen molar-refractivity contribution in [1.82, 2.24) is 15.5 Å². The second-order valence-corrected chi connectivity index (χ2v) is 3.71. The molecule has 0 saturated carbocycles. The van der Waals surface area contributed by atoms with Crippen LogP contribution in [0.4, 0.5) is 0 Å². The Morgan fingerprint density at radius 3 is 3.06 bits per heavy atom. The topological polar surface area (TPSA) is 53.9 Å². The average molecular weight is 229 g/mol. The second kappa shape index (κ2) is 5.37. The summed E-state index contributed by atoms with van der Waals surface area (Å²) in [5.41, 5.74) is 2.01. The van der Waals surface area contributed by atoms with Crippen LogP contribution in [0.15, 0.2) is 22.7 Å². The molecule has 0 spiro atoms. The number of aryl methyl sites for hydroxylation is 1. The Hall–Kier alpha value is -1.99. The molecule has 2 aromatic heterocycles. The average Bonchev–Trinajstić information content (AvgIpc) is 2.93. The van der Waals surface area contributed by atoms with Crippen molar-refractivity contribution in [2.24, 2.45) is 0 Å². The number of nitrogens with one attached hydrogen (secondary N) is 2. The fraction of sp³-hybridized carbons (Fsp3) is 0.308. The molecular formula is C13H15N3O. The molecule has 2 heterocycles. The third-order valence-corrected chi connectivity index (χ3v) is 2.41. The smallest absolute Gasteiger partial charge is 0.152 e. The molecule has 0 saturated heterocycles. The van der Waals surface area contributed by atoms with E-state index in [0.717, 1.165) is 29.3 Å². The van der Waals surface area contributed by atoms with Crippen LogP contribution in [0.25, 0.3) is 11.5 Å². The Balaban J connectivity index is 2.08. The van der Waals surface area contributed by atoms with Gasteiger partial charge in [0.05, 0.1) is 12.7 Å². The summed E-state index contributed by atoms with van der Waals surface area (Å²) in [6.45, 7) is 5.16. The fourth-order valence-corrected chi connectivity index (χ4v) is 1.58. The Labute approximate surface area is 100 Å². The number of nitrogens with zero attached hydrogens (tertiary/aromatic N) is 1. The quantitative estimate of drug-likeness (QED) is 0.623. The van der Waals surface area contributed by atoms with Gasteiger partial charge in [-0.1, -0.05) is 5.92 Å². The standard InChI is InChI=1S/C13H15N3O/c1-3-4-7-14-8-11-9-15-16-13(11)12-6-5-10(2)17-12/h5-6,9,14H,7-8H2,1-2H3,(H,15,16). The van der Waals surface area contributed by atoms with E-state index in [2.05, 4.69) is 27.4 Å². The second-order valence-electron chi connectivity index (χ2n) is 3.71. The Morgan fingerprint density at radius 2 is 2.35 bits per heavy atom. The highest BCUT2D eigenvalue weighted by atomic mass is 16.3. The molecule has 0 atom stereocenters. The minimum Gasteiger partial charge on any atom is -0.460 e. The van der Waals surface area contributed by atoms with Crippen molar-refractivity contribution in [1.29, 1.82) is 0 Å². The first kappa shape index (κ1) is 11.5. The third kappa shape index (κ3) is 2.77. The molecular weight excluding hydrogens is 214 g/mol. The molecule has 0 radical (unpaired) electrons. The first-order valence-electron chi connectivity index (χ1n) is 5.50. The van der Waals surface area contributed by atoms with Gasteiger partial charge in [-0.3, -0.25) is 5.10 Å². The van der Waals surface area contributed by atoms with Gasteiger partial charge in [0, 0.05) is 12.1 Å². The van der Waals surface area contributed by atoms with Crippen LogP contribution < -0.4 is 5.32 Å². The highest BCUT2D eigenvalue weighted by molar-refractivity contribution is 5.56. The van der Waals surface area contributed by atoms with Crippen LogP contribution in [0.1, 0.15) is 18.2 Å². The maximum atomic E-state index is 5.57. The van der Waals surface area contributed by atoms with Crippen LogP contribution in [-0.2, 0) is 6.54 Å². The SMILES string of the molecule is CC#CCNCc1cn[nH]c1-c1ccc(C)o1. The number of hydrogen-bond acceptors (Lipinski definition) is 3. The lowest BCUT2D eigenvalue weighted by Crippen LogP contribution is -2.13. The molecule has 4 nitrogen and oxygen atoms in total. The van der Waals surface area contributed by atoms with Crippen molar-refractivity contribution in [2.75, 3.05) is 6.54 Å². The predicted octanol–water partition coefficient (Wildman–Crippen LogP) is 2.09. The van der Waals surface area contributed by atoms with Gasteiger partial charge in [-0.05, 0) is 26.0 Å². The van der Waals surface area contributed by atoms with E-state index < -0.39 is 0 Å². The minimum atomic E-state index is 0.679. The van der Waals surface area contributed by atoms with E-state index in [1.165, 1.54) is 0 Å². The van der Waals surface area contributed by atoms with Gasteiger partial charge in [0.15, 0.2) is 5.76 Å². The van der Waals surface area contributed by atoms with E-state index in [1.54, 1.807) is 6.20 Å². The molecule has 0 fully saturated rings. The molecule has 2 rings (SSSR count). The monoisotopic (exact) mass is 229 g/mol. The number of H-pyrrole nitrogens is 1. The van der Waals surface area contributed by atoms with E-state index in [0.29, 0.717) is 6.54 Å². The highest BCUT2D eigenvalue weighted by Gasteiger charge is 2.10. The van der Waals surface area contributed by atoms with Crippen LogP contribution in [0.5, 0.6) is 0 Å². The molecule has 0 amide bonds. The lowest BCUT2D eigenvalue weighted by atomic mass is 10.2. The van der Waals surface area contributed by atoms with Crippen molar-refractivity contribution < 1.29 is 4.42 Å². The summed E-state index contributed by atoms with van der Waals surface area (Å²) < 4.78 is 5.57. The van der Waals surface area contributed by atoms with Crippen molar-refractivity contribution in [2.45, 2.75) is 20.4 Å². The van der Waals surface area contributed by atoms with E-state index in [-0.39, 0.29) is 0 Å². The van der Waals surface area contributed by atoms with E-state index >= 15 is 0 Å². The number of rotatable bonds is 4. The van der Waals surface area contributed by atoms with Crippen LogP contribution in [0.2, 0.25) is 0 Å². The van der Waals surface area contributed by atoms with Crippen LogP contribution >= 0.6 is 0 Å².